The van der Waals surface area contributed by atoms with Gasteiger partial charge in [0.2, 0.25) is 0 Å². The Morgan fingerprint density at radius 1 is 1.25 bits per heavy atom. The van der Waals surface area contributed by atoms with Gasteiger partial charge in [-0.3, -0.25) is 0 Å². The van der Waals surface area contributed by atoms with Crippen LogP contribution in [0.5, 0.6) is 0 Å². The van der Waals surface area contributed by atoms with Gasteiger partial charge < -0.3 is 0 Å². The van der Waals surface area contributed by atoms with Gasteiger partial charge in [-0.05, 0) is 36.7 Å². The Kier molecular flexibility index (Phi) is 2.76. The minimum atomic E-state index is -3.50. The van der Waals surface area contributed by atoms with Crippen molar-refractivity contribution < 1.29 is 8.78 Å². The van der Waals surface area contributed by atoms with E-state index in [-0.39, 0.29) is 5.02 Å². The van der Waals surface area contributed by atoms with Gasteiger partial charge in [-0.25, -0.2) is 4.98 Å². The molecule has 84 valence electrons. The Morgan fingerprint density at radius 2 is 1.94 bits per heavy atom. The van der Waals surface area contributed by atoms with Crippen LogP contribution in [0.25, 0.3) is 10.9 Å². The molecule has 1 heterocycles. The molecule has 0 unspecified atom stereocenters. The summed E-state index contributed by atoms with van der Waals surface area (Å²) in [6.45, 7) is 1.89. The van der Waals surface area contributed by atoms with Crippen LogP contribution in [0.2, 0.25) is 5.02 Å². The van der Waals surface area contributed by atoms with Gasteiger partial charge in [-0.15, -0.1) is 0 Å². The number of hydrogen-bond donors (Lipinski definition) is 0. The van der Waals surface area contributed by atoms with Gasteiger partial charge in [0.25, 0.3) is 0 Å². The third-order valence-electron chi connectivity index (χ3n) is 2.20. The van der Waals surface area contributed by atoms with Gasteiger partial charge in [-0.1, -0.05) is 23.2 Å². The highest BCUT2D eigenvalue weighted by atomic mass is 35.5. The number of hydrogen-bond acceptors (Lipinski definition) is 1. The molecule has 0 aliphatic rings. The molecular weight excluding hydrogens is 255 g/mol. The molecule has 0 saturated heterocycles. The van der Waals surface area contributed by atoms with E-state index < -0.39 is 11.1 Å². The third kappa shape index (κ3) is 2.11. The molecule has 0 aliphatic heterocycles. The smallest absolute Gasteiger partial charge is 0.245 e. The maximum absolute atomic E-state index is 12.9. The Morgan fingerprint density at radius 3 is 2.56 bits per heavy atom. The van der Waals surface area contributed by atoms with Crippen molar-refractivity contribution in [3.63, 3.8) is 0 Å². The number of rotatable bonds is 1. The summed E-state index contributed by atoms with van der Waals surface area (Å²) < 4.78 is 25.8. The molecule has 16 heavy (non-hydrogen) atoms. The second kappa shape index (κ2) is 3.82. The number of nitrogens with zero attached hydrogens (tertiary/aromatic N) is 1. The summed E-state index contributed by atoms with van der Waals surface area (Å²) in [5.41, 5.74) is 0.866. The van der Waals surface area contributed by atoms with E-state index in [0.29, 0.717) is 10.9 Å². The van der Waals surface area contributed by atoms with Crippen molar-refractivity contribution in [2.24, 2.45) is 0 Å². The predicted molar refractivity (Wildman–Crippen MR) is 61.2 cm³/mol. The molecular formula is C11H7Cl2F2N. The molecule has 0 aliphatic carbocycles. The standard InChI is InChI=1S/C11H7Cl2F2N/c1-6-2-3-9-7(4-6)8(12)5-10(16-9)11(13,14)15/h2-5H,1H3. The molecule has 0 spiro atoms. The van der Waals surface area contributed by atoms with Crippen molar-refractivity contribution in [3.8, 4) is 0 Å². The Balaban J connectivity index is 2.74. The fourth-order valence-electron chi connectivity index (χ4n) is 1.44. The fourth-order valence-corrected chi connectivity index (χ4v) is 1.80. The van der Waals surface area contributed by atoms with Crippen molar-refractivity contribution in [3.05, 3.63) is 40.5 Å². The zero-order valence-electron chi connectivity index (χ0n) is 8.27. The van der Waals surface area contributed by atoms with E-state index in [0.717, 1.165) is 11.6 Å². The quantitative estimate of drug-likeness (QED) is 0.690. The van der Waals surface area contributed by atoms with Crippen LogP contribution in [0.1, 0.15) is 11.3 Å². The highest BCUT2D eigenvalue weighted by molar-refractivity contribution is 6.35. The van der Waals surface area contributed by atoms with Gasteiger partial charge in [0.1, 0.15) is 5.69 Å². The molecule has 1 aromatic carbocycles. The van der Waals surface area contributed by atoms with E-state index in [1.807, 2.05) is 6.92 Å². The molecule has 0 N–H and O–H groups in total. The molecule has 0 amide bonds. The van der Waals surface area contributed by atoms with E-state index in [1.165, 1.54) is 0 Å². The average Bonchev–Trinajstić information content (AvgIpc) is 2.17. The molecule has 1 aromatic heterocycles. The van der Waals surface area contributed by atoms with Crippen LogP contribution in [-0.2, 0) is 5.38 Å². The lowest BCUT2D eigenvalue weighted by atomic mass is 10.1. The van der Waals surface area contributed by atoms with Crippen LogP contribution in [-0.4, -0.2) is 4.98 Å². The van der Waals surface area contributed by atoms with E-state index in [2.05, 4.69) is 4.98 Å². The summed E-state index contributed by atoms with van der Waals surface area (Å²) in [4.78, 5) is 3.78. The van der Waals surface area contributed by atoms with Crippen molar-refractivity contribution >= 4 is 34.1 Å². The normalized spacial score (nSPS) is 12.1. The molecule has 0 fully saturated rings. The molecule has 0 radical (unpaired) electrons. The van der Waals surface area contributed by atoms with Crippen molar-refractivity contribution in [1.29, 1.82) is 0 Å². The first-order chi connectivity index (χ1) is 7.38. The number of halogens is 4. The second-order valence-electron chi connectivity index (χ2n) is 3.51. The van der Waals surface area contributed by atoms with Crippen molar-refractivity contribution in [2.45, 2.75) is 12.3 Å². The van der Waals surface area contributed by atoms with E-state index in [1.54, 1.807) is 18.2 Å². The van der Waals surface area contributed by atoms with Crippen LogP contribution < -0.4 is 0 Å². The highest BCUT2D eigenvalue weighted by Crippen LogP contribution is 2.34. The molecule has 1 nitrogen and oxygen atoms in total. The average molecular weight is 262 g/mol. The number of benzene rings is 1. The number of aryl methyl sites for hydroxylation is 1. The molecule has 0 bridgehead atoms. The lowest BCUT2D eigenvalue weighted by molar-refractivity contribution is 0.0904. The Bertz CT molecular complexity index is 549. The molecule has 2 aromatic rings. The van der Waals surface area contributed by atoms with Crippen LogP contribution in [0.3, 0.4) is 0 Å². The monoisotopic (exact) mass is 261 g/mol. The van der Waals surface area contributed by atoms with Gasteiger partial charge in [0.15, 0.2) is 0 Å². The lowest BCUT2D eigenvalue weighted by Gasteiger charge is -2.09. The van der Waals surface area contributed by atoms with E-state index in [4.69, 9.17) is 23.2 Å². The Hall–Kier alpha value is -0.930. The summed E-state index contributed by atoms with van der Waals surface area (Å²) in [6, 6.07) is 6.31. The molecule has 0 atom stereocenters. The zero-order valence-corrected chi connectivity index (χ0v) is 9.78. The van der Waals surface area contributed by atoms with Crippen molar-refractivity contribution in [2.75, 3.05) is 0 Å². The second-order valence-corrected chi connectivity index (χ2v) is 4.39. The number of fused-ring (bicyclic) bond motifs is 1. The number of aromatic nitrogens is 1. The van der Waals surface area contributed by atoms with E-state index in [9.17, 15) is 8.78 Å². The van der Waals surface area contributed by atoms with E-state index >= 15 is 0 Å². The summed E-state index contributed by atoms with van der Waals surface area (Å²) in [7, 11) is 0. The van der Waals surface area contributed by atoms with Crippen molar-refractivity contribution in [1.82, 2.24) is 4.98 Å². The number of alkyl halides is 3. The lowest BCUT2D eigenvalue weighted by Crippen LogP contribution is -2.06. The summed E-state index contributed by atoms with van der Waals surface area (Å²) >= 11 is 10.8. The maximum atomic E-state index is 12.9. The zero-order chi connectivity index (χ0) is 11.9. The Labute approximate surface area is 101 Å². The minimum absolute atomic E-state index is 0.226. The summed E-state index contributed by atoms with van der Waals surface area (Å²) in [5, 5.41) is -2.63. The first kappa shape index (κ1) is 11.6. The van der Waals surface area contributed by atoms with Gasteiger partial charge in [0, 0.05) is 5.39 Å². The van der Waals surface area contributed by atoms with Gasteiger partial charge in [0.05, 0.1) is 10.5 Å². The van der Waals surface area contributed by atoms with Crippen LogP contribution in [0.4, 0.5) is 8.78 Å². The highest BCUT2D eigenvalue weighted by Gasteiger charge is 2.30. The molecule has 5 heteroatoms. The third-order valence-corrected chi connectivity index (χ3v) is 2.71. The maximum Gasteiger partial charge on any atom is 0.364 e. The first-order valence-corrected chi connectivity index (χ1v) is 5.27. The summed E-state index contributed by atoms with van der Waals surface area (Å²) in [5.74, 6) is 0. The number of pyridine rings is 1. The largest absolute Gasteiger partial charge is 0.364 e. The van der Waals surface area contributed by atoms with Crippen LogP contribution in [0, 0.1) is 6.92 Å². The summed E-state index contributed by atoms with van der Waals surface area (Å²) in [6.07, 6.45) is 0. The first-order valence-electron chi connectivity index (χ1n) is 4.52. The predicted octanol–water partition coefficient (Wildman–Crippen LogP) is 4.48. The van der Waals surface area contributed by atoms with Crippen LogP contribution >= 0.6 is 23.2 Å². The fraction of sp³-hybridized carbons (Fsp3) is 0.182. The van der Waals surface area contributed by atoms with Gasteiger partial charge in [-0.2, -0.15) is 8.78 Å². The van der Waals surface area contributed by atoms with Gasteiger partial charge >= 0.3 is 5.38 Å². The SMILES string of the molecule is Cc1ccc2nc(C(F)(F)Cl)cc(Cl)c2c1. The minimum Gasteiger partial charge on any atom is -0.245 e. The molecule has 2 rings (SSSR count). The topological polar surface area (TPSA) is 12.9 Å². The molecule has 0 saturated carbocycles. The van der Waals surface area contributed by atoms with Crippen LogP contribution in [0.15, 0.2) is 24.3 Å².